The first kappa shape index (κ1) is 24.2. The number of aromatic nitrogens is 4. The predicted molar refractivity (Wildman–Crippen MR) is 105 cm³/mol. The molecule has 0 spiro atoms. The minimum atomic E-state index is -0.620. The molecule has 0 saturated heterocycles. The van der Waals surface area contributed by atoms with Crippen molar-refractivity contribution in [2.45, 2.75) is 39.8 Å². The van der Waals surface area contributed by atoms with Gasteiger partial charge >= 0.3 is 11.6 Å². The second-order valence-electron chi connectivity index (χ2n) is 6.52. The van der Waals surface area contributed by atoms with E-state index in [-0.39, 0.29) is 41.0 Å². The van der Waals surface area contributed by atoms with Gasteiger partial charge in [-0.05, 0) is 37.5 Å². The van der Waals surface area contributed by atoms with Crippen molar-refractivity contribution in [3.8, 4) is 0 Å². The Morgan fingerprint density at radius 1 is 0.900 bits per heavy atom. The van der Waals surface area contributed by atoms with E-state index in [1.165, 1.54) is 35.6 Å². The van der Waals surface area contributed by atoms with Crippen LogP contribution in [0.4, 0.5) is 11.6 Å². The molecule has 2 N–H and O–H groups in total. The van der Waals surface area contributed by atoms with Gasteiger partial charge in [0.2, 0.25) is 0 Å². The first-order chi connectivity index (χ1) is 13.9. The molecule has 0 radical (unpaired) electrons. The van der Waals surface area contributed by atoms with Gasteiger partial charge in [-0.2, -0.15) is 4.68 Å². The van der Waals surface area contributed by atoms with Gasteiger partial charge in [0.05, 0.1) is 23.3 Å². The maximum Gasteiger partial charge on any atom is 0.390 e. The number of nitrogens with one attached hydrogen (secondary N) is 2. The van der Waals surface area contributed by atoms with E-state index in [9.17, 15) is 29.8 Å². The Kier molecular flexibility index (Phi) is 8.13. The Balaban J connectivity index is 0.000000300. The van der Waals surface area contributed by atoms with Crippen LogP contribution >= 0.6 is 0 Å². The van der Waals surface area contributed by atoms with Crippen LogP contribution in [0.1, 0.15) is 60.8 Å². The molecule has 2 aromatic rings. The average molecular weight is 424 g/mol. The van der Waals surface area contributed by atoms with Crippen LogP contribution in [-0.2, 0) is 0 Å². The molecular weight excluding hydrogens is 400 g/mol. The smallest absolute Gasteiger partial charge is 0.358 e. The maximum absolute atomic E-state index is 11.4. The Morgan fingerprint density at radius 3 is 1.80 bits per heavy atom. The Morgan fingerprint density at radius 2 is 1.43 bits per heavy atom. The van der Waals surface area contributed by atoms with Crippen molar-refractivity contribution in [3.63, 3.8) is 0 Å². The van der Waals surface area contributed by atoms with Gasteiger partial charge in [0.15, 0.2) is 11.4 Å². The van der Waals surface area contributed by atoms with E-state index in [0.29, 0.717) is 0 Å². The van der Waals surface area contributed by atoms with Gasteiger partial charge in [-0.1, -0.05) is 5.10 Å². The number of hydrogen-bond acceptors (Lipinski definition) is 8. The molecule has 2 heterocycles. The molecule has 0 atom stereocenters. The topological polar surface area (TPSA) is 180 Å². The van der Waals surface area contributed by atoms with Gasteiger partial charge in [0, 0.05) is 14.1 Å². The fraction of sp³-hybridized carbons (Fsp3) is 0.500. The minimum Gasteiger partial charge on any atom is -0.358 e. The summed E-state index contributed by atoms with van der Waals surface area (Å²) in [5.41, 5.74) is 0.247. The Labute approximate surface area is 171 Å². The lowest BCUT2D eigenvalue weighted by atomic mass is 10.3. The summed E-state index contributed by atoms with van der Waals surface area (Å²) in [6.45, 7) is 7.10. The Hall–Kier alpha value is -3.84. The van der Waals surface area contributed by atoms with Gasteiger partial charge in [0.1, 0.15) is 6.04 Å². The summed E-state index contributed by atoms with van der Waals surface area (Å²) in [7, 11) is 2.91. The number of hydrogen-bond donors (Lipinski definition) is 2. The van der Waals surface area contributed by atoms with Crippen molar-refractivity contribution in [1.29, 1.82) is 0 Å². The molecule has 164 valence electrons. The number of nitro groups is 2. The highest BCUT2D eigenvalue weighted by atomic mass is 16.6. The SMILES string of the molecule is CNC(=O)c1cc([N+](=O)[O-])n(C(C)C)n1.CNC(=O)c1cc([N+](=O)[O-])nn1C(C)C. The monoisotopic (exact) mass is 424 g/mol. The lowest BCUT2D eigenvalue weighted by molar-refractivity contribution is -0.393. The van der Waals surface area contributed by atoms with Crippen LogP contribution in [0.15, 0.2) is 12.1 Å². The van der Waals surface area contributed by atoms with Crippen molar-refractivity contribution in [2.24, 2.45) is 0 Å². The largest absolute Gasteiger partial charge is 0.390 e. The normalized spacial score (nSPS) is 10.4. The van der Waals surface area contributed by atoms with Crippen LogP contribution in [0.3, 0.4) is 0 Å². The number of rotatable bonds is 6. The second-order valence-corrected chi connectivity index (χ2v) is 6.52. The van der Waals surface area contributed by atoms with E-state index in [1.54, 1.807) is 27.7 Å². The molecule has 0 aromatic carbocycles. The summed E-state index contributed by atoms with van der Waals surface area (Å²) < 4.78 is 2.54. The number of nitrogens with zero attached hydrogens (tertiary/aromatic N) is 6. The standard InChI is InChI=1S/2C8H12N4O3/c1-5(2)11-6(8(13)9-3)4-7(10-11)12(14)15;1-5(2)11-7(12(14)15)4-6(10-11)8(13)9-3/h2*4-5H,1-3H3,(H,9,13). The lowest BCUT2D eigenvalue weighted by Gasteiger charge is -2.04. The molecule has 0 aliphatic rings. The van der Waals surface area contributed by atoms with Gasteiger partial charge in [-0.3, -0.25) is 9.59 Å². The first-order valence-corrected chi connectivity index (χ1v) is 8.86. The van der Waals surface area contributed by atoms with Gasteiger partial charge in [-0.15, -0.1) is 4.68 Å². The predicted octanol–water partition coefficient (Wildman–Crippen LogP) is 1.46. The van der Waals surface area contributed by atoms with Crippen molar-refractivity contribution in [1.82, 2.24) is 30.2 Å². The zero-order chi connectivity index (χ0) is 23.2. The molecule has 0 unspecified atom stereocenters. The Bertz CT molecular complexity index is 946. The van der Waals surface area contributed by atoms with Crippen molar-refractivity contribution in [2.75, 3.05) is 14.1 Å². The van der Waals surface area contributed by atoms with Crippen LogP contribution < -0.4 is 10.6 Å². The molecule has 0 bridgehead atoms. The van der Waals surface area contributed by atoms with E-state index >= 15 is 0 Å². The second kappa shape index (κ2) is 10.1. The molecule has 2 rings (SSSR count). The number of amides is 2. The molecular formula is C16H24N8O6. The van der Waals surface area contributed by atoms with Crippen molar-refractivity contribution in [3.05, 3.63) is 43.7 Å². The van der Waals surface area contributed by atoms with Crippen LogP contribution in [0.5, 0.6) is 0 Å². The first-order valence-electron chi connectivity index (χ1n) is 8.86. The molecule has 30 heavy (non-hydrogen) atoms. The quantitative estimate of drug-likeness (QED) is 0.516. The molecule has 2 aromatic heterocycles. The summed E-state index contributed by atoms with van der Waals surface area (Å²) >= 11 is 0. The number of carbonyl (C=O) groups excluding carboxylic acids is 2. The summed E-state index contributed by atoms with van der Waals surface area (Å²) in [6, 6.07) is 2.06. The zero-order valence-electron chi connectivity index (χ0n) is 17.4. The van der Waals surface area contributed by atoms with Crippen molar-refractivity contribution >= 4 is 23.5 Å². The minimum absolute atomic E-state index is 0.0536. The van der Waals surface area contributed by atoms with E-state index in [0.717, 1.165) is 0 Å². The van der Waals surface area contributed by atoms with E-state index < -0.39 is 15.8 Å². The van der Waals surface area contributed by atoms with Gasteiger partial charge < -0.3 is 30.9 Å². The van der Waals surface area contributed by atoms with E-state index in [1.807, 2.05) is 0 Å². The summed E-state index contributed by atoms with van der Waals surface area (Å²) in [5.74, 6) is -1.31. The highest BCUT2D eigenvalue weighted by Crippen LogP contribution is 2.18. The summed E-state index contributed by atoms with van der Waals surface area (Å²) in [5, 5.41) is 33.5. The van der Waals surface area contributed by atoms with Crippen LogP contribution in [0.2, 0.25) is 0 Å². The zero-order valence-corrected chi connectivity index (χ0v) is 17.4. The third kappa shape index (κ3) is 5.59. The summed E-state index contributed by atoms with van der Waals surface area (Å²) in [6.07, 6.45) is 0. The summed E-state index contributed by atoms with van der Waals surface area (Å²) in [4.78, 5) is 42.6. The van der Waals surface area contributed by atoms with Crippen LogP contribution in [0, 0.1) is 20.2 Å². The molecule has 0 aliphatic heterocycles. The van der Waals surface area contributed by atoms with E-state index in [2.05, 4.69) is 20.8 Å². The fourth-order valence-electron chi connectivity index (χ4n) is 2.30. The average Bonchev–Trinajstić information content (AvgIpc) is 3.32. The highest BCUT2D eigenvalue weighted by Gasteiger charge is 2.24. The lowest BCUT2D eigenvalue weighted by Crippen LogP contribution is -2.22. The van der Waals surface area contributed by atoms with E-state index in [4.69, 9.17) is 0 Å². The third-order valence-electron chi connectivity index (χ3n) is 3.71. The van der Waals surface area contributed by atoms with Gasteiger partial charge in [0.25, 0.3) is 11.8 Å². The number of carbonyl (C=O) groups is 2. The molecule has 0 fully saturated rings. The molecule has 0 saturated carbocycles. The molecule has 14 nitrogen and oxygen atoms in total. The maximum atomic E-state index is 11.4. The molecule has 0 aliphatic carbocycles. The van der Waals surface area contributed by atoms with Crippen LogP contribution in [0.25, 0.3) is 0 Å². The van der Waals surface area contributed by atoms with Gasteiger partial charge in [-0.25, -0.2) is 0 Å². The third-order valence-corrected chi connectivity index (χ3v) is 3.71. The molecule has 14 heteroatoms. The highest BCUT2D eigenvalue weighted by molar-refractivity contribution is 5.93. The van der Waals surface area contributed by atoms with Crippen molar-refractivity contribution < 1.29 is 19.4 Å². The molecule has 2 amide bonds. The van der Waals surface area contributed by atoms with Crippen LogP contribution in [-0.4, -0.2) is 55.3 Å². The fourth-order valence-corrected chi connectivity index (χ4v) is 2.30.